The highest BCUT2D eigenvalue weighted by Gasteiger charge is 2.54. The Labute approximate surface area is 103 Å². The van der Waals surface area contributed by atoms with Crippen molar-refractivity contribution in [3.63, 3.8) is 0 Å². The second kappa shape index (κ2) is 3.60. The fourth-order valence-electron chi connectivity index (χ4n) is 3.88. The molecule has 0 unspecified atom stereocenters. The van der Waals surface area contributed by atoms with Gasteiger partial charge in [-0.05, 0) is 70.1 Å². The van der Waals surface area contributed by atoms with E-state index >= 15 is 0 Å². The summed E-state index contributed by atoms with van der Waals surface area (Å²) >= 11 is 0. The van der Waals surface area contributed by atoms with E-state index in [2.05, 4.69) is 0 Å². The molecule has 2 heteroatoms. The van der Waals surface area contributed by atoms with Crippen LogP contribution in [-0.4, -0.2) is 11.6 Å². The van der Waals surface area contributed by atoms with Crippen LogP contribution in [0, 0.1) is 23.7 Å². The summed E-state index contributed by atoms with van der Waals surface area (Å²) in [5, 5.41) is 0. The van der Waals surface area contributed by atoms with Crippen molar-refractivity contribution in [2.45, 2.75) is 52.1 Å². The molecule has 4 atom stereocenters. The van der Waals surface area contributed by atoms with Crippen molar-refractivity contribution in [3.8, 4) is 0 Å². The molecule has 0 spiro atoms. The molecule has 0 radical (unpaired) electrons. The summed E-state index contributed by atoms with van der Waals surface area (Å²) in [7, 11) is 0. The zero-order chi connectivity index (χ0) is 12.2. The number of esters is 1. The minimum atomic E-state index is -0.369. The van der Waals surface area contributed by atoms with Gasteiger partial charge in [0.05, 0.1) is 0 Å². The lowest BCUT2D eigenvalue weighted by Gasteiger charge is -2.40. The zero-order valence-electron chi connectivity index (χ0n) is 11.0. The molecule has 3 saturated carbocycles. The standard InChI is InChI=1S/C15H22O2/c1-15(2,3)17-14(16)8-10-7-13-11-5-4-9(11)6-12(10)13/h8-9,11-13H,4-7H2,1-3H3/t9-,11-,12+,13+/m1/s1. The molecule has 94 valence electrons. The van der Waals surface area contributed by atoms with Crippen LogP contribution in [0.2, 0.25) is 0 Å². The van der Waals surface area contributed by atoms with E-state index in [1.807, 2.05) is 20.8 Å². The maximum Gasteiger partial charge on any atom is 0.331 e. The third kappa shape index (κ3) is 1.92. The molecular formula is C15H22O2. The Morgan fingerprint density at radius 3 is 2.59 bits per heavy atom. The molecule has 2 nitrogen and oxygen atoms in total. The maximum absolute atomic E-state index is 11.7. The monoisotopic (exact) mass is 234 g/mol. The van der Waals surface area contributed by atoms with Crippen LogP contribution >= 0.6 is 0 Å². The minimum absolute atomic E-state index is 0.148. The van der Waals surface area contributed by atoms with Crippen LogP contribution in [0.25, 0.3) is 0 Å². The van der Waals surface area contributed by atoms with E-state index in [1.165, 1.54) is 24.8 Å². The Morgan fingerprint density at radius 2 is 2.06 bits per heavy atom. The Kier molecular flexibility index (Phi) is 2.39. The van der Waals surface area contributed by atoms with Gasteiger partial charge in [-0.2, -0.15) is 0 Å². The average molecular weight is 234 g/mol. The third-order valence-corrected chi connectivity index (χ3v) is 4.76. The van der Waals surface area contributed by atoms with Gasteiger partial charge in [-0.15, -0.1) is 0 Å². The number of hydrogen-bond acceptors (Lipinski definition) is 2. The Morgan fingerprint density at radius 1 is 1.29 bits per heavy atom. The van der Waals surface area contributed by atoms with E-state index in [0.29, 0.717) is 0 Å². The number of rotatable bonds is 1. The molecule has 0 bridgehead atoms. The summed E-state index contributed by atoms with van der Waals surface area (Å²) < 4.78 is 5.35. The largest absolute Gasteiger partial charge is 0.457 e. The van der Waals surface area contributed by atoms with Crippen molar-refractivity contribution in [2.24, 2.45) is 23.7 Å². The molecule has 3 aliphatic carbocycles. The van der Waals surface area contributed by atoms with Crippen LogP contribution in [0.1, 0.15) is 46.5 Å². The van der Waals surface area contributed by atoms with E-state index < -0.39 is 0 Å². The quantitative estimate of drug-likeness (QED) is 0.514. The lowest BCUT2D eigenvalue weighted by atomic mass is 9.64. The predicted molar refractivity (Wildman–Crippen MR) is 66.4 cm³/mol. The lowest BCUT2D eigenvalue weighted by Crippen LogP contribution is -2.32. The number of carbonyl (C=O) groups is 1. The van der Waals surface area contributed by atoms with E-state index in [9.17, 15) is 4.79 Å². The zero-order valence-corrected chi connectivity index (χ0v) is 11.0. The van der Waals surface area contributed by atoms with Gasteiger partial charge in [-0.3, -0.25) is 0 Å². The second-order valence-electron chi connectivity index (χ2n) is 6.96. The Bertz CT molecular complexity index is 375. The Balaban J connectivity index is 1.62. The van der Waals surface area contributed by atoms with Gasteiger partial charge < -0.3 is 4.74 Å². The molecule has 0 saturated heterocycles. The number of hydrogen-bond donors (Lipinski definition) is 0. The topological polar surface area (TPSA) is 26.3 Å². The molecule has 3 rings (SSSR count). The van der Waals surface area contributed by atoms with Crippen LogP contribution in [-0.2, 0) is 9.53 Å². The van der Waals surface area contributed by atoms with Crippen LogP contribution < -0.4 is 0 Å². The maximum atomic E-state index is 11.7. The summed E-state index contributed by atoms with van der Waals surface area (Å²) in [6.07, 6.45) is 7.13. The number of carbonyl (C=O) groups excluding carboxylic acids is 1. The Hall–Kier alpha value is -0.790. The van der Waals surface area contributed by atoms with Crippen LogP contribution in [0.5, 0.6) is 0 Å². The first kappa shape index (κ1) is 11.3. The second-order valence-corrected chi connectivity index (χ2v) is 6.96. The van der Waals surface area contributed by atoms with E-state index in [1.54, 1.807) is 6.08 Å². The fourth-order valence-corrected chi connectivity index (χ4v) is 3.88. The van der Waals surface area contributed by atoms with Crippen molar-refractivity contribution in [1.29, 1.82) is 0 Å². The SMILES string of the molecule is CC(C)(C)OC(=O)C=C1C[C@H]2[C@@H]3CC[C@@H]3C[C@@H]12. The lowest BCUT2D eigenvalue weighted by molar-refractivity contribution is -0.148. The van der Waals surface area contributed by atoms with Gasteiger partial charge >= 0.3 is 5.97 Å². The van der Waals surface area contributed by atoms with Crippen LogP contribution in [0.4, 0.5) is 0 Å². The predicted octanol–water partition coefficient (Wildman–Crippen LogP) is 3.32. The van der Waals surface area contributed by atoms with Gasteiger partial charge in [0.15, 0.2) is 0 Å². The summed E-state index contributed by atoms with van der Waals surface area (Å²) in [6.45, 7) is 5.76. The van der Waals surface area contributed by atoms with E-state index in [4.69, 9.17) is 4.74 Å². The van der Waals surface area contributed by atoms with Crippen molar-refractivity contribution < 1.29 is 9.53 Å². The van der Waals surface area contributed by atoms with E-state index in [0.717, 1.165) is 30.1 Å². The van der Waals surface area contributed by atoms with Gasteiger partial charge in [-0.25, -0.2) is 4.79 Å². The van der Waals surface area contributed by atoms with Crippen molar-refractivity contribution in [2.75, 3.05) is 0 Å². The van der Waals surface area contributed by atoms with Gasteiger partial charge in [0.25, 0.3) is 0 Å². The molecule has 0 aliphatic heterocycles. The molecule has 17 heavy (non-hydrogen) atoms. The fraction of sp³-hybridized carbons (Fsp3) is 0.800. The molecular weight excluding hydrogens is 212 g/mol. The van der Waals surface area contributed by atoms with Gasteiger partial charge in [0.2, 0.25) is 0 Å². The van der Waals surface area contributed by atoms with Gasteiger partial charge in [0.1, 0.15) is 5.60 Å². The highest BCUT2D eigenvalue weighted by Crippen LogP contribution is 2.63. The van der Waals surface area contributed by atoms with Crippen molar-refractivity contribution >= 4 is 5.97 Å². The molecule has 0 heterocycles. The molecule has 0 N–H and O–H groups in total. The summed E-state index contributed by atoms with van der Waals surface area (Å²) in [6, 6.07) is 0. The number of ether oxygens (including phenoxy) is 1. The highest BCUT2D eigenvalue weighted by molar-refractivity contribution is 5.83. The van der Waals surface area contributed by atoms with Crippen LogP contribution in [0.3, 0.4) is 0 Å². The molecule has 0 amide bonds. The van der Waals surface area contributed by atoms with E-state index in [-0.39, 0.29) is 11.6 Å². The highest BCUT2D eigenvalue weighted by atomic mass is 16.6. The first-order valence-electron chi connectivity index (χ1n) is 6.87. The molecule has 3 aliphatic rings. The average Bonchev–Trinajstić information content (AvgIpc) is 2.28. The summed E-state index contributed by atoms with van der Waals surface area (Å²) in [5.41, 5.74) is 0.991. The summed E-state index contributed by atoms with van der Waals surface area (Å²) in [4.78, 5) is 11.7. The first-order valence-corrected chi connectivity index (χ1v) is 6.87. The van der Waals surface area contributed by atoms with Gasteiger partial charge in [0, 0.05) is 6.08 Å². The summed E-state index contributed by atoms with van der Waals surface area (Å²) in [5.74, 6) is 3.46. The van der Waals surface area contributed by atoms with Gasteiger partial charge in [-0.1, -0.05) is 5.57 Å². The third-order valence-electron chi connectivity index (χ3n) is 4.76. The smallest absolute Gasteiger partial charge is 0.331 e. The normalized spacial score (nSPS) is 41.2. The number of allylic oxidation sites excluding steroid dienone is 1. The molecule has 0 aromatic carbocycles. The molecule has 3 fully saturated rings. The molecule has 0 aromatic heterocycles. The number of fused-ring (bicyclic) bond motifs is 3. The van der Waals surface area contributed by atoms with Crippen molar-refractivity contribution in [3.05, 3.63) is 11.6 Å². The molecule has 0 aromatic rings. The minimum Gasteiger partial charge on any atom is -0.457 e. The van der Waals surface area contributed by atoms with Crippen molar-refractivity contribution in [1.82, 2.24) is 0 Å². The first-order chi connectivity index (χ1) is 7.94. The van der Waals surface area contributed by atoms with Crippen LogP contribution in [0.15, 0.2) is 11.6 Å².